The summed E-state index contributed by atoms with van der Waals surface area (Å²) in [5.74, 6) is -0.776. The van der Waals surface area contributed by atoms with Crippen LogP contribution in [0.2, 0.25) is 0 Å². The minimum atomic E-state index is -0.403. The second kappa shape index (κ2) is 8.91. The minimum absolute atomic E-state index is 0.278. The Hall–Kier alpha value is -5.31. The lowest BCUT2D eigenvalue weighted by atomic mass is 9.98. The van der Waals surface area contributed by atoms with E-state index >= 15 is 0 Å². The van der Waals surface area contributed by atoms with Crippen molar-refractivity contribution in [2.75, 3.05) is 4.90 Å². The molecule has 0 spiro atoms. The van der Waals surface area contributed by atoms with Crippen LogP contribution in [0.25, 0.3) is 33.1 Å². The van der Waals surface area contributed by atoms with E-state index in [-0.39, 0.29) is 11.5 Å². The number of hydrogen-bond acceptors (Lipinski definition) is 5. The second-order valence-electron chi connectivity index (χ2n) is 9.43. The quantitative estimate of drug-likeness (QED) is 0.310. The predicted octanol–water partition coefficient (Wildman–Crippen LogP) is 4.30. The number of para-hydroxylation sites is 2. The van der Waals surface area contributed by atoms with Crippen molar-refractivity contribution < 1.29 is 9.59 Å². The highest BCUT2D eigenvalue weighted by Crippen LogP contribution is 2.42. The van der Waals surface area contributed by atoms with E-state index in [0.29, 0.717) is 46.6 Å². The van der Waals surface area contributed by atoms with Crippen LogP contribution in [-0.4, -0.2) is 40.7 Å². The third-order valence-corrected chi connectivity index (χ3v) is 7.15. The van der Waals surface area contributed by atoms with Gasteiger partial charge in [-0.25, -0.2) is 19.5 Å². The number of carbonyl (C=O) groups is 2. The molecule has 39 heavy (non-hydrogen) atoms. The molecule has 6 aromatic rings. The van der Waals surface area contributed by atoms with Gasteiger partial charge in [0.15, 0.2) is 5.65 Å². The Morgan fingerprint density at radius 3 is 2.38 bits per heavy atom. The molecule has 0 atom stereocenters. The Morgan fingerprint density at radius 2 is 1.56 bits per heavy atom. The molecule has 0 saturated carbocycles. The van der Waals surface area contributed by atoms with Crippen molar-refractivity contribution in [1.29, 1.82) is 0 Å². The van der Waals surface area contributed by atoms with Gasteiger partial charge in [0.1, 0.15) is 5.69 Å². The lowest BCUT2D eigenvalue weighted by Gasteiger charge is -2.14. The number of carbonyl (C=O) groups excluding carboxylic acids is 2. The van der Waals surface area contributed by atoms with Crippen LogP contribution in [0.4, 0.5) is 5.69 Å². The average Bonchev–Trinajstić information content (AvgIpc) is 3.73. The van der Waals surface area contributed by atoms with Gasteiger partial charge in [0, 0.05) is 66.8 Å². The molecular formula is C30H23N7O2. The smallest absolute Gasteiger partial charge is 0.268 e. The number of pyridine rings is 1. The van der Waals surface area contributed by atoms with E-state index in [0.717, 1.165) is 10.9 Å². The summed E-state index contributed by atoms with van der Waals surface area (Å²) < 4.78 is 5.77. The van der Waals surface area contributed by atoms with Crippen molar-refractivity contribution in [3.63, 3.8) is 0 Å². The maximum atomic E-state index is 14.2. The summed E-state index contributed by atoms with van der Waals surface area (Å²) in [5, 5.41) is 6.31. The van der Waals surface area contributed by atoms with Gasteiger partial charge < -0.3 is 9.13 Å². The highest BCUT2D eigenvalue weighted by molar-refractivity contribution is 6.58. The summed E-state index contributed by atoms with van der Waals surface area (Å²) in [6.45, 7) is 1.38. The molecule has 0 radical (unpaired) electrons. The van der Waals surface area contributed by atoms with Crippen molar-refractivity contribution >= 4 is 50.6 Å². The zero-order chi connectivity index (χ0) is 26.5. The van der Waals surface area contributed by atoms with Crippen molar-refractivity contribution in [1.82, 2.24) is 28.9 Å². The van der Waals surface area contributed by atoms with E-state index in [2.05, 4.69) is 14.5 Å². The number of imidazole rings is 1. The highest BCUT2D eigenvalue weighted by Gasteiger charge is 2.43. The van der Waals surface area contributed by atoms with Crippen LogP contribution in [0.5, 0.6) is 0 Å². The molecule has 0 bridgehead atoms. The van der Waals surface area contributed by atoms with Crippen LogP contribution >= 0.6 is 0 Å². The van der Waals surface area contributed by atoms with Gasteiger partial charge >= 0.3 is 0 Å². The Kier molecular flexibility index (Phi) is 5.22. The largest absolute Gasteiger partial charge is 0.345 e. The number of aromatic nitrogens is 6. The van der Waals surface area contributed by atoms with Gasteiger partial charge in [-0.05, 0) is 30.3 Å². The monoisotopic (exact) mass is 513 g/mol. The zero-order valence-corrected chi connectivity index (χ0v) is 21.1. The van der Waals surface area contributed by atoms with Crippen molar-refractivity contribution in [2.24, 2.45) is 7.05 Å². The van der Waals surface area contributed by atoms with E-state index in [1.165, 1.54) is 4.90 Å². The first-order chi connectivity index (χ1) is 19.1. The number of nitrogens with zero attached hydrogens (tertiary/aromatic N) is 7. The van der Waals surface area contributed by atoms with Crippen molar-refractivity contribution in [3.8, 4) is 0 Å². The van der Waals surface area contributed by atoms with Gasteiger partial charge in [-0.2, -0.15) is 5.10 Å². The summed E-state index contributed by atoms with van der Waals surface area (Å²) in [4.78, 5) is 38.2. The fourth-order valence-electron chi connectivity index (χ4n) is 5.36. The van der Waals surface area contributed by atoms with Gasteiger partial charge in [0.25, 0.3) is 11.8 Å². The molecular weight excluding hydrogens is 490 g/mol. The second-order valence-corrected chi connectivity index (χ2v) is 9.43. The number of fused-ring (bicyclic) bond motifs is 2. The van der Waals surface area contributed by atoms with E-state index < -0.39 is 5.91 Å². The molecule has 190 valence electrons. The zero-order valence-electron chi connectivity index (χ0n) is 21.1. The Labute approximate surface area is 223 Å². The number of hydrogen-bond donors (Lipinski definition) is 0. The van der Waals surface area contributed by atoms with Gasteiger partial charge in [-0.15, -0.1) is 0 Å². The van der Waals surface area contributed by atoms with Crippen LogP contribution in [0.15, 0.2) is 97.8 Å². The Bertz CT molecular complexity index is 1910. The SMILES string of the molecule is Cn1nc(C2=C(c3cn(CCn4ccnc4)c4ccccc34)C(=O)N(c3ccccc3)C2=O)c2cccnc21. The summed E-state index contributed by atoms with van der Waals surface area (Å²) in [5.41, 5.74) is 3.90. The number of rotatable bonds is 6. The summed E-state index contributed by atoms with van der Waals surface area (Å²) in [6, 6.07) is 20.7. The molecule has 9 nitrogen and oxygen atoms in total. The first kappa shape index (κ1) is 22.9. The van der Waals surface area contributed by atoms with Crippen LogP contribution in [0.3, 0.4) is 0 Å². The van der Waals surface area contributed by atoms with Crippen LogP contribution in [0, 0.1) is 0 Å². The Balaban J connectivity index is 1.47. The number of benzene rings is 2. The third kappa shape index (κ3) is 3.58. The van der Waals surface area contributed by atoms with Crippen molar-refractivity contribution in [2.45, 2.75) is 13.1 Å². The summed E-state index contributed by atoms with van der Waals surface area (Å²) in [7, 11) is 1.79. The molecule has 0 fully saturated rings. The standard InChI is InChI=1S/C30H23N7O2/c1-34-28-22(11-7-13-32-28)27(33-34)26-25(29(38)37(30(26)39)20-8-3-2-4-9-20)23-18-36(17-16-35-15-14-31-19-35)24-12-6-5-10-21(23)24/h2-15,18-19H,16-17H2,1H3. The number of aryl methyl sites for hydroxylation is 3. The third-order valence-electron chi connectivity index (χ3n) is 7.15. The van der Waals surface area contributed by atoms with E-state index in [1.54, 1.807) is 42.6 Å². The highest BCUT2D eigenvalue weighted by atomic mass is 16.2. The molecule has 1 aliphatic heterocycles. The van der Waals surface area contributed by atoms with Crippen molar-refractivity contribution in [3.05, 3.63) is 109 Å². The molecule has 2 amide bonds. The van der Waals surface area contributed by atoms with Crippen LogP contribution < -0.4 is 4.90 Å². The lowest BCUT2D eigenvalue weighted by Crippen LogP contribution is -2.31. The van der Waals surface area contributed by atoms with Gasteiger partial charge in [-0.3, -0.25) is 9.59 Å². The summed E-state index contributed by atoms with van der Waals surface area (Å²) in [6.07, 6.45) is 9.12. The number of imide groups is 1. The fourth-order valence-corrected chi connectivity index (χ4v) is 5.36. The number of amides is 2. The first-order valence-corrected chi connectivity index (χ1v) is 12.6. The van der Waals surface area contributed by atoms with E-state index in [4.69, 9.17) is 5.10 Å². The first-order valence-electron chi connectivity index (χ1n) is 12.6. The normalized spacial score (nSPS) is 13.9. The van der Waals surface area contributed by atoms with E-state index in [1.807, 2.05) is 71.6 Å². The molecule has 0 unspecified atom stereocenters. The molecule has 0 saturated heterocycles. The molecule has 9 heteroatoms. The minimum Gasteiger partial charge on any atom is -0.345 e. The predicted molar refractivity (Wildman–Crippen MR) is 148 cm³/mol. The van der Waals surface area contributed by atoms with Gasteiger partial charge in [-0.1, -0.05) is 36.4 Å². The molecule has 7 rings (SSSR count). The average molecular weight is 514 g/mol. The maximum absolute atomic E-state index is 14.2. The molecule has 5 heterocycles. The molecule has 0 N–H and O–H groups in total. The Morgan fingerprint density at radius 1 is 0.795 bits per heavy atom. The van der Waals surface area contributed by atoms with Crippen LogP contribution in [0.1, 0.15) is 11.3 Å². The molecule has 4 aromatic heterocycles. The van der Waals surface area contributed by atoms with Crippen LogP contribution in [-0.2, 0) is 29.7 Å². The van der Waals surface area contributed by atoms with Gasteiger partial charge in [0.2, 0.25) is 0 Å². The topological polar surface area (TPSA) is 90.8 Å². The molecule has 2 aromatic carbocycles. The number of anilines is 1. The summed E-state index contributed by atoms with van der Waals surface area (Å²) >= 11 is 0. The maximum Gasteiger partial charge on any atom is 0.268 e. The lowest BCUT2D eigenvalue weighted by molar-refractivity contribution is -0.119. The molecule has 1 aliphatic rings. The van der Waals surface area contributed by atoms with Gasteiger partial charge in [0.05, 0.1) is 23.2 Å². The fraction of sp³-hybridized carbons (Fsp3) is 0.100. The van der Waals surface area contributed by atoms with E-state index in [9.17, 15) is 9.59 Å². The molecule has 0 aliphatic carbocycles.